The van der Waals surface area contributed by atoms with Crippen LogP contribution in [0.3, 0.4) is 0 Å². The van der Waals surface area contributed by atoms with Crippen LogP contribution in [0.4, 0.5) is 0 Å². The van der Waals surface area contributed by atoms with Gasteiger partial charge in [-0.2, -0.15) is 0 Å². The summed E-state index contributed by atoms with van der Waals surface area (Å²) in [6.07, 6.45) is 1.53. The summed E-state index contributed by atoms with van der Waals surface area (Å²) in [4.78, 5) is 12.0. The summed E-state index contributed by atoms with van der Waals surface area (Å²) in [7, 11) is -2.53. The lowest BCUT2D eigenvalue weighted by Gasteiger charge is -2.12. The second-order valence-corrected chi connectivity index (χ2v) is 7.49. The molecule has 2 aromatic rings. The number of ether oxygens (including phenoxy) is 1. The third-order valence-corrected chi connectivity index (χ3v) is 5.18. The highest BCUT2D eigenvalue weighted by molar-refractivity contribution is 7.89. The number of amides is 1. The average molecular weight is 395 g/mol. The molecule has 0 saturated heterocycles. The topological polar surface area (TPSA) is 84.5 Å². The van der Waals surface area contributed by atoms with Gasteiger partial charge >= 0.3 is 0 Å². The molecule has 2 aromatic carbocycles. The monoisotopic (exact) mass is 394 g/mol. The van der Waals surface area contributed by atoms with E-state index in [-0.39, 0.29) is 29.3 Å². The number of rotatable bonds is 8. The van der Waals surface area contributed by atoms with E-state index in [1.54, 1.807) is 24.3 Å². The van der Waals surface area contributed by atoms with Crippen LogP contribution in [0.15, 0.2) is 60.0 Å². The predicted molar refractivity (Wildman–Crippen MR) is 101 cm³/mol. The van der Waals surface area contributed by atoms with E-state index in [4.69, 9.17) is 16.3 Å². The van der Waals surface area contributed by atoms with Crippen molar-refractivity contribution >= 4 is 27.5 Å². The van der Waals surface area contributed by atoms with Crippen LogP contribution in [0.25, 0.3) is 0 Å². The van der Waals surface area contributed by atoms with Gasteiger partial charge in [-0.1, -0.05) is 29.8 Å². The van der Waals surface area contributed by atoms with Crippen molar-refractivity contribution in [1.82, 2.24) is 10.0 Å². The molecule has 0 unspecified atom stereocenters. The lowest BCUT2D eigenvalue weighted by molar-refractivity contribution is 0.0957. The summed E-state index contributed by atoms with van der Waals surface area (Å²) in [5.74, 6) is -0.254. The first-order valence-electron chi connectivity index (χ1n) is 7.68. The van der Waals surface area contributed by atoms with Crippen LogP contribution in [-0.4, -0.2) is 28.0 Å². The zero-order valence-electron chi connectivity index (χ0n) is 14.2. The molecule has 0 saturated carbocycles. The summed E-state index contributed by atoms with van der Waals surface area (Å²) in [6.45, 7) is 3.88. The second kappa shape index (κ2) is 8.84. The van der Waals surface area contributed by atoms with Gasteiger partial charge in [0.05, 0.1) is 7.11 Å². The Hall–Kier alpha value is -2.35. The number of nitrogens with one attached hydrogen (secondary N) is 2. The van der Waals surface area contributed by atoms with Crippen LogP contribution in [0.5, 0.6) is 5.75 Å². The Morgan fingerprint density at radius 2 is 1.92 bits per heavy atom. The molecule has 2 rings (SSSR count). The highest BCUT2D eigenvalue weighted by Gasteiger charge is 2.21. The van der Waals surface area contributed by atoms with Crippen LogP contribution >= 0.6 is 11.6 Å². The van der Waals surface area contributed by atoms with Crippen LogP contribution < -0.4 is 14.8 Å². The van der Waals surface area contributed by atoms with Gasteiger partial charge in [0.1, 0.15) is 10.6 Å². The number of benzene rings is 2. The molecule has 1 amide bonds. The molecule has 0 aliphatic heterocycles. The van der Waals surface area contributed by atoms with E-state index < -0.39 is 15.9 Å². The molecule has 0 heterocycles. The quantitative estimate of drug-likeness (QED) is 0.674. The van der Waals surface area contributed by atoms with E-state index in [1.807, 2.05) is 0 Å². The molecule has 138 valence electrons. The van der Waals surface area contributed by atoms with E-state index >= 15 is 0 Å². The van der Waals surface area contributed by atoms with Gasteiger partial charge in [-0.3, -0.25) is 4.79 Å². The maximum absolute atomic E-state index is 12.7. The zero-order valence-corrected chi connectivity index (χ0v) is 15.7. The second-order valence-electron chi connectivity index (χ2n) is 5.32. The van der Waals surface area contributed by atoms with Gasteiger partial charge < -0.3 is 10.1 Å². The first-order valence-corrected chi connectivity index (χ1v) is 9.54. The van der Waals surface area contributed by atoms with Crippen molar-refractivity contribution in [2.75, 3.05) is 13.7 Å². The molecule has 0 bridgehead atoms. The van der Waals surface area contributed by atoms with Gasteiger partial charge in [0, 0.05) is 23.7 Å². The van der Waals surface area contributed by atoms with Gasteiger partial charge in [0.25, 0.3) is 5.91 Å². The minimum absolute atomic E-state index is 0.0789. The standard InChI is InChI=1S/C18H19ClN2O4S/c1-3-10-20-18(22)14-6-9-16(25-2)17(11-14)26(23,24)21-12-13-4-7-15(19)8-5-13/h3-9,11,21H,1,10,12H2,2H3,(H,20,22). The third kappa shape index (κ3) is 5.08. The Kier molecular flexibility index (Phi) is 6.79. The average Bonchev–Trinajstić information content (AvgIpc) is 2.65. The van der Waals surface area contributed by atoms with Crippen molar-refractivity contribution in [3.8, 4) is 5.75 Å². The minimum Gasteiger partial charge on any atom is -0.495 e. The Morgan fingerprint density at radius 3 is 2.54 bits per heavy atom. The molecular formula is C18H19ClN2O4S. The minimum atomic E-state index is -3.90. The number of hydrogen-bond acceptors (Lipinski definition) is 4. The summed E-state index contributed by atoms with van der Waals surface area (Å²) >= 11 is 5.82. The van der Waals surface area contributed by atoms with E-state index in [0.717, 1.165) is 5.56 Å². The molecule has 0 aliphatic rings. The number of carbonyl (C=O) groups excluding carboxylic acids is 1. The Bertz CT molecular complexity index is 896. The highest BCUT2D eigenvalue weighted by Crippen LogP contribution is 2.25. The molecule has 2 N–H and O–H groups in total. The number of methoxy groups -OCH3 is 1. The van der Waals surface area contributed by atoms with Crippen LogP contribution in [0.1, 0.15) is 15.9 Å². The van der Waals surface area contributed by atoms with E-state index in [9.17, 15) is 13.2 Å². The van der Waals surface area contributed by atoms with Gasteiger partial charge in [0.2, 0.25) is 10.0 Å². The number of carbonyl (C=O) groups is 1. The van der Waals surface area contributed by atoms with Crippen LogP contribution in [0.2, 0.25) is 5.02 Å². The van der Waals surface area contributed by atoms with Crippen molar-refractivity contribution in [2.24, 2.45) is 0 Å². The number of halogens is 1. The molecule has 0 aromatic heterocycles. The largest absolute Gasteiger partial charge is 0.495 e. The number of sulfonamides is 1. The van der Waals surface area contributed by atoms with E-state index in [1.165, 1.54) is 31.4 Å². The first-order chi connectivity index (χ1) is 12.4. The van der Waals surface area contributed by atoms with Crippen LogP contribution in [-0.2, 0) is 16.6 Å². The molecule has 8 heteroatoms. The van der Waals surface area contributed by atoms with Crippen molar-refractivity contribution < 1.29 is 17.9 Å². The van der Waals surface area contributed by atoms with Gasteiger partial charge in [-0.25, -0.2) is 13.1 Å². The fourth-order valence-electron chi connectivity index (χ4n) is 2.15. The Morgan fingerprint density at radius 1 is 1.23 bits per heavy atom. The maximum atomic E-state index is 12.7. The van der Waals surface area contributed by atoms with Gasteiger partial charge in [-0.15, -0.1) is 6.58 Å². The predicted octanol–water partition coefficient (Wildman–Crippen LogP) is 2.74. The van der Waals surface area contributed by atoms with E-state index in [0.29, 0.717) is 5.02 Å². The molecule has 0 aliphatic carbocycles. The molecular weight excluding hydrogens is 376 g/mol. The first kappa shape index (κ1) is 20.0. The lowest BCUT2D eigenvalue weighted by Crippen LogP contribution is -2.26. The summed E-state index contributed by atoms with van der Waals surface area (Å²) < 4.78 is 33.0. The summed E-state index contributed by atoms with van der Waals surface area (Å²) in [6, 6.07) is 11.0. The molecule has 0 fully saturated rings. The summed E-state index contributed by atoms with van der Waals surface area (Å²) in [5.41, 5.74) is 0.955. The van der Waals surface area contributed by atoms with Gasteiger partial charge in [0.15, 0.2) is 0 Å². The van der Waals surface area contributed by atoms with Crippen molar-refractivity contribution in [3.63, 3.8) is 0 Å². The molecule has 26 heavy (non-hydrogen) atoms. The fraction of sp³-hybridized carbons (Fsp3) is 0.167. The molecule has 0 spiro atoms. The van der Waals surface area contributed by atoms with Crippen molar-refractivity contribution in [2.45, 2.75) is 11.4 Å². The zero-order chi connectivity index (χ0) is 19.2. The fourth-order valence-corrected chi connectivity index (χ4v) is 3.49. The lowest BCUT2D eigenvalue weighted by atomic mass is 10.2. The van der Waals surface area contributed by atoms with E-state index in [2.05, 4.69) is 16.6 Å². The van der Waals surface area contributed by atoms with Crippen LogP contribution in [0, 0.1) is 0 Å². The molecule has 0 radical (unpaired) electrons. The normalized spacial score (nSPS) is 11.0. The summed E-state index contributed by atoms with van der Waals surface area (Å²) in [5, 5.41) is 3.17. The number of hydrogen-bond donors (Lipinski definition) is 2. The molecule has 0 atom stereocenters. The Balaban J connectivity index is 2.26. The van der Waals surface area contributed by atoms with Gasteiger partial charge in [-0.05, 0) is 35.9 Å². The molecule has 6 nitrogen and oxygen atoms in total. The highest BCUT2D eigenvalue weighted by atomic mass is 35.5. The van der Waals surface area contributed by atoms with Crippen molar-refractivity contribution in [1.29, 1.82) is 0 Å². The SMILES string of the molecule is C=CCNC(=O)c1ccc(OC)c(S(=O)(=O)NCc2ccc(Cl)cc2)c1. The van der Waals surface area contributed by atoms with Crippen molar-refractivity contribution in [3.05, 3.63) is 71.3 Å². The Labute approximate surface area is 157 Å². The smallest absolute Gasteiger partial charge is 0.251 e. The maximum Gasteiger partial charge on any atom is 0.251 e. The third-order valence-electron chi connectivity index (χ3n) is 3.50.